The number of carbonyl (C=O) groups is 1. The van der Waals surface area contributed by atoms with Gasteiger partial charge in [0.25, 0.3) is 0 Å². The van der Waals surface area contributed by atoms with Crippen molar-refractivity contribution in [3.05, 3.63) is 0 Å². The average Bonchev–Trinajstić information content (AvgIpc) is 2.51. The third-order valence-electron chi connectivity index (χ3n) is 2.71. The number of rotatable bonds is 12. The van der Waals surface area contributed by atoms with E-state index in [1.54, 1.807) is 13.8 Å². The van der Waals surface area contributed by atoms with Crippen LogP contribution in [0.15, 0.2) is 0 Å². The van der Waals surface area contributed by atoms with E-state index in [0.29, 0.717) is 19.8 Å². The maximum Gasteiger partial charge on any atom is 0.332 e. The Morgan fingerprint density at radius 3 is 2.00 bits per heavy atom. The molecule has 0 aliphatic rings. The van der Waals surface area contributed by atoms with Gasteiger partial charge in [-0.25, -0.2) is 4.79 Å². The molecule has 0 amide bonds. The largest absolute Gasteiger partial charge is 0.479 e. The molecule has 4 unspecified atom stereocenters. The van der Waals surface area contributed by atoms with Crippen molar-refractivity contribution in [1.82, 2.24) is 0 Å². The molecule has 3 N–H and O–H groups in total. The molecule has 0 fully saturated rings. The van der Waals surface area contributed by atoms with Gasteiger partial charge in [-0.3, -0.25) is 0 Å². The van der Waals surface area contributed by atoms with Crippen LogP contribution in [0.3, 0.4) is 0 Å². The molecule has 0 aliphatic heterocycles. The zero-order valence-corrected chi connectivity index (χ0v) is 15.0. The first-order valence-electron chi connectivity index (χ1n) is 8.11. The average molecular weight is 338 g/mol. The van der Waals surface area contributed by atoms with Crippen LogP contribution in [0.2, 0.25) is 0 Å². The summed E-state index contributed by atoms with van der Waals surface area (Å²) in [5.74, 6) is -0.892. The highest BCUT2D eigenvalue weighted by Crippen LogP contribution is 1.97. The standard InChI is InChI=1S/C9H20O4.C7H14O3/c1-7(11)5-12-9(3)6-13-8(2)4-10;1-3-4-5-10-6(2)7(8)9/h7-11H,4-6H2,1-3H3;6H,3-5H2,1-2H3,(H,8,9). The van der Waals surface area contributed by atoms with Crippen LogP contribution in [0, 0.1) is 0 Å². The van der Waals surface area contributed by atoms with Crippen molar-refractivity contribution in [1.29, 1.82) is 0 Å². The van der Waals surface area contributed by atoms with Crippen LogP contribution in [0.25, 0.3) is 0 Å². The summed E-state index contributed by atoms with van der Waals surface area (Å²) in [4.78, 5) is 10.2. The Balaban J connectivity index is 0. The van der Waals surface area contributed by atoms with E-state index in [9.17, 15) is 4.79 Å². The van der Waals surface area contributed by atoms with Gasteiger partial charge in [0.05, 0.1) is 38.1 Å². The van der Waals surface area contributed by atoms with Crippen LogP contribution in [0.5, 0.6) is 0 Å². The quantitative estimate of drug-likeness (QED) is 0.462. The number of hydrogen-bond donors (Lipinski definition) is 3. The molecule has 0 saturated heterocycles. The SMILES string of the molecule is CC(O)COC(C)COC(C)CO.CCCCOC(C)C(=O)O. The van der Waals surface area contributed by atoms with Crippen molar-refractivity contribution in [3.63, 3.8) is 0 Å². The Hall–Kier alpha value is -0.730. The molecule has 0 saturated carbocycles. The minimum atomic E-state index is -0.892. The lowest BCUT2D eigenvalue weighted by Gasteiger charge is -2.16. The molecule has 0 aromatic rings. The highest BCUT2D eigenvalue weighted by molar-refractivity contribution is 5.71. The number of aliphatic carboxylic acids is 1. The smallest absolute Gasteiger partial charge is 0.332 e. The summed E-state index contributed by atoms with van der Waals surface area (Å²) < 4.78 is 15.4. The lowest BCUT2D eigenvalue weighted by molar-refractivity contribution is -0.149. The first-order valence-corrected chi connectivity index (χ1v) is 8.11. The Labute approximate surface area is 139 Å². The van der Waals surface area contributed by atoms with E-state index < -0.39 is 18.2 Å². The van der Waals surface area contributed by atoms with Crippen molar-refractivity contribution >= 4 is 5.97 Å². The van der Waals surface area contributed by atoms with E-state index in [4.69, 9.17) is 29.5 Å². The number of aliphatic hydroxyl groups excluding tert-OH is 2. The van der Waals surface area contributed by atoms with E-state index in [1.807, 2.05) is 13.8 Å². The van der Waals surface area contributed by atoms with E-state index in [2.05, 4.69) is 0 Å². The maximum atomic E-state index is 10.2. The van der Waals surface area contributed by atoms with Crippen molar-refractivity contribution in [2.45, 2.75) is 71.9 Å². The van der Waals surface area contributed by atoms with Gasteiger partial charge in [-0.05, 0) is 34.1 Å². The molecule has 0 bridgehead atoms. The fraction of sp³-hybridized carbons (Fsp3) is 0.938. The fourth-order valence-electron chi connectivity index (χ4n) is 1.18. The molecule has 7 heteroatoms. The molecule has 4 atom stereocenters. The third kappa shape index (κ3) is 19.2. The molecule has 0 rings (SSSR count). The summed E-state index contributed by atoms with van der Waals surface area (Å²) in [5, 5.41) is 25.9. The summed E-state index contributed by atoms with van der Waals surface area (Å²) in [5.41, 5.74) is 0. The first-order chi connectivity index (χ1) is 10.7. The highest BCUT2D eigenvalue weighted by atomic mass is 16.5. The summed E-state index contributed by atoms with van der Waals surface area (Å²) in [6, 6.07) is 0. The zero-order valence-electron chi connectivity index (χ0n) is 15.0. The predicted octanol–water partition coefficient (Wildman–Crippen LogP) is 1.45. The van der Waals surface area contributed by atoms with Crippen molar-refractivity contribution in [2.24, 2.45) is 0 Å². The maximum absolute atomic E-state index is 10.2. The Kier molecular flexibility index (Phi) is 17.2. The van der Waals surface area contributed by atoms with Crippen molar-refractivity contribution in [2.75, 3.05) is 26.4 Å². The Morgan fingerprint density at radius 2 is 1.57 bits per heavy atom. The second-order valence-corrected chi connectivity index (χ2v) is 5.52. The van der Waals surface area contributed by atoms with Gasteiger partial charge in [0, 0.05) is 6.61 Å². The zero-order chi connectivity index (χ0) is 18.3. The van der Waals surface area contributed by atoms with Crippen LogP contribution in [-0.2, 0) is 19.0 Å². The molecule has 0 spiro atoms. The Bertz CT molecular complexity index is 271. The monoisotopic (exact) mass is 338 g/mol. The van der Waals surface area contributed by atoms with Gasteiger partial charge in [0.1, 0.15) is 0 Å². The molecule has 23 heavy (non-hydrogen) atoms. The third-order valence-corrected chi connectivity index (χ3v) is 2.71. The molecule has 140 valence electrons. The molecular formula is C16H34O7. The van der Waals surface area contributed by atoms with Crippen LogP contribution >= 0.6 is 0 Å². The first kappa shape index (κ1) is 24.5. The minimum absolute atomic E-state index is 0.0170. The molecular weight excluding hydrogens is 304 g/mol. The van der Waals surface area contributed by atoms with Gasteiger partial charge in [0.2, 0.25) is 0 Å². The predicted molar refractivity (Wildman–Crippen MR) is 87.6 cm³/mol. The van der Waals surface area contributed by atoms with Crippen LogP contribution < -0.4 is 0 Å². The Morgan fingerprint density at radius 1 is 1.00 bits per heavy atom. The molecule has 0 radical (unpaired) electrons. The van der Waals surface area contributed by atoms with Gasteiger partial charge in [-0.15, -0.1) is 0 Å². The number of carboxylic acids is 1. The van der Waals surface area contributed by atoms with E-state index in [1.165, 1.54) is 6.92 Å². The summed E-state index contributed by atoms with van der Waals surface area (Å²) in [6.07, 6.45) is 0.648. The lowest BCUT2D eigenvalue weighted by Crippen LogP contribution is -2.24. The normalized spacial score (nSPS) is 16.0. The van der Waals surface area contributed by atoms with Gasteiger partial charge in [-0.1, -0.05) is 13.3 Å². The summed E-state index contributed by atoms with van der Waals surface area (Å²) in [7, 11) is 0. The van der Waals surface area contributed by atoms with Crippen LogP contribution in [0.4, 0.5) is 0 Å². The number of carboxylic acid groups (broad SMARTS) is 1. The fourth-order valence-corrected chi connectivity index (χ4v) is 1.18. The van der Waals surface area contributed by atoms with E-state index in [0.717, 1.165) is 12.8 Å². The summed E-state index contributed by atoms with van der Waals surface area (Å²) >= 11 is 0. The van der Waals surface area contributed by atoms with Crippen LogP contribution in [0.1, 0.15) is 47.5 Å². The number of unbranched alkanes of at least 4 members (excludes halogenated alkanes) is 1. The van der Waals surface area contributed by atoms with Crippen LogP contribution in [-0.4, -0.2) is 72.1 Å². The summed E-state index contributed by atoms with van der Waals surface area (Å²) in [6.45, 7) is 10.2. The molecule has 7 nitrogen and oxygen atoms in total. The molecule has 0 aromatic heterocycles. The van der Waals surface area contributed by atoms with Crippen molar-refractivity contribution in [3.8, 4) is 0 Å². The number of aliphatic hydroxyl groups is 2. The second-order valence-electron chi connectivity index (χ2n) is 5.52. The number of hydrogen-bond acceptors (Lipinski definition) is 6. The lowest BCUT2D eigenvalue weighted by atomic mass is 10.3. The van der Waals surface area contributed by atoms with Gasteiger partial charge in [-0.2, -0.15) is 0 Å². The van der Waals surface area contributed by atoms with Crippen molar-refractivity contribution < 1.29 is 34.3 Å². The number of ether oxygens (including phenoxy) is 3. The molecule has 0 aliphatic carbocycles. The van der Waals surface area contributed by atoms with Gasteiger partial charge in [0.15, 0.2) is 6.10 Å². The minimum Gasteiger partial charge on any atom is -0.479 e. The highest BCUT2D eigenvalue weighted by Gasteiger charge is 2.09. The topological polar surface area (TPSA) is 105 Å². The molecule has 0 heterocycles. The van der Waals surface area contributed by atoms with E-state index in [-0.39, 0.29) is 18.8 Å². The van der Waals surface area contributed by atoms with Gasteiger partial charge >= 0.3 is 5.97 Å². The second kappa shape index (κ2) is 16.1. The molecule has 0 aromatic carbocycles. The van der Waals surface area contributed by atoms with E-state index >= 15 is 0 Å². The van der Waals surface area contributed by atoms with Gasteiger partial charge < -0.3 is 29.5 Å².